The number of halogens is 1. The fourth-order valence-corrected chi connectivity index (χ4v) is 10.0. The van der Waals surface area contributed by atoms with E-state index in [-0.39, 0.29) is 49.5 Å². The summed E-state index contributed by atoms with van der Waals surface area (Å²) in [6.45, 7) is 14.9. The molecule has 0 saturated heterocycles. The predicted molar refractivity (Wildman–Crippen MR) is 275 cm³/mol. The molecule has 0 aliphatic heterocycles. The Hall–Kier alpha value is -6.75. The number of sulfone groups is 1. The Morgan fingerprint density at radius 3 is 2.24 bits per heavy atom. The van der Waals surface area contributed by atoms with Gasteiger partial charge in [-0.05, 0) is 138 Å². The Morgan fingerprint density at radius 1 is 0.929 bits per heavy atom. The Balaban J connectivity index is 1.20. The number of carbonyl (C=O) groups excluding carboxylic acids is 3. The van der Waals surface area contributed by atoms with Crippen LogP contribution in [0.15, 0.2) is 112 Å². The standard InChI is InChI=1S/C56H59ClN4O8S/c1-9-55(4,5)40-31-45(56(6,7)10-2)50-48(32-40)60-53(68-50)39(33-58)30-38-21-24-42(28-35(38)3)61(41-16-14-15-17-41)54(64)69-51(49(62)37-22-25-43(67-8)26-23-37)52(63)59-47-29-36(20-27-46(47)57)34-70(65,66)44-18-12-11-13-19-44/h11-13,18-32,41,51H,9-10,14-17,34H2,1-8H3,(H,59,63)/b39-30+. The van der Waals surface area contributed by atoms with Crippen molar-refractivity contribution >= 4 is 73.3 Å². The number of carbonyl (C=O) groups is 3. The van der Waals surface area contributed by atoms with Gasteiger partial charge in [-0.25, -0.2) is 18.2 Å². The van der Waals surface area contributed by atoms with E-state index in [0.717, 1.165) is 42.4 Å². The number of anilines is 2. The molecule has 12 nitrogen and oxygen atoms in total. The smallest absolute Gasteiger partial charge is 0.415 e. The molecule has 1 unspecified atom stereocenters. The molecule has 1 N–H and O–H groups in total. The molecule has 1 saturated carbocycles. The number of fused-ring (bicyclic) bond motifs is 1. The highest BCUT2D eigenvalue weighted by Gasteiger charge is 2.37. The number of Topliss-reactive ketones (excluding diaryl/α,β-unsaturated/α-hetero) is 1. The number of methoxy groups -OCH3 is 1. The Morgan fingerprint density at radius 2 is 1.61 bits per heavy atom. The second kappa shape index (κ2) is 21.1. The summed E-state index contributed by atoms with van der Waals surface area (Å²) in [5.41, 5.74) is 5.74. The molecule has 1 aromatic heterocycles. The first kappa shape index (κ1) is 51.1. The van der Waals surface area contributed by atoms with Crippen LogP contribution in [0.1, 0.15) is 124 Å². The monoisotopic (exact) mass is 982 g/mol. The number of aryl methyl sites for hydroxylation is 1. The Labute approximate surface area is 415 Å². The largest absolute Gasteiger partial charge is 0.497 e. The molecule has 1 fully saturated rings. The number of rotatable bonds is 17. The summed E-state index contributed by atoms with van der Waals surface area (Å²) in [6.07, 6.45) is 3.59. The van der Waals surface area contributed by atoms with Gasteiger partial charge in [0.2, 0.25) is 17.8 Å². The van der Waals surface area contributed by atoms with E-state index in [9.17, 15) is 28.1 Å². The lowest BCUT2D eigenvalue weighted by Crippen LogP contribution is -2.46. The van der Waals surface area contributed by atoms with Crippen molar-refractivity contribution < 1.29 is 36.7 Å². The maximum Gasteiger partial charge on any atom is 0.415 e. The van der Waals surface area contributed by atoms with Gasteiger partial charge in [-0.2, -0.15) is 5.26 Å². The number of oxazole rings is 1. The fraction of sp³-hybridized carbons (Fsp3) is 0.339. The van der Waals surface area contributed by atoms with Crippen LogP contribution in [0.25, 0.3) is 22.7 Å². The van der Waals surface area contributed by atoms with E-state index in [4.69, 9.17) is 30.5 Å². The van der Waals surface area contributed by atoms with Crippen LogP contribution in [-0.4, -0.2) is 50.4 Å². The number of ketones is 1. The van der Waals surface area contributed by atoms with Gasteiger partial charge < -0.3 is 19.2 Å². The lowest BCUT2D eigenvalue weighted by molar-refractivity contribution is -0.122. The van der Waals surface area contributed by atoms with Gasteiger partial charge >= 0.3 is 6.09 Å². The minimum absolute atomic E-state index is 0.0212. The van der Waals surface area contributed by atoms with Crippen molar-refractivity contribution in [1.82, 2.24) is 4.98 Å². The van der Waals surface area contributed by atoms with Crippen molar-refractivity contribution in [2.24, 2.45) is 0 Å². The van der Waals surface area contributed by atoms with Gasteiger partial charge in [0, 0.05) is 22.9 Å². The number of amides is 2. The number of hydrogen-bond acceptors (Lipinski definition) is 10. The zero-order chi connectivity index (χ0) is 50.5. The van der Waals surface area contributed by atoms with Gasteiger partial charge in [0.05, 0.1) is 28.5 Å². The van der Waals surface area contributed by atoms with E-state index in [0.29, 0.717) is 46.5 Å². The highest BCUT2D eigenvalue weighted by Crippen LogP contribution is 2.40. The summed E-state index contributed by atoms with van der Waals surface area (Å²) in [4.78, 5) is 49.7. The second-order valence-corrected chi connectivity index (χ2v) is 21.5. The van der Waals surface area contributed by atoms with Gasteiger partial charge in [-0.1, -0.05) is 102 Å². The van der Waals surface area contributed by atoms with Crippen molar-refractivity contribution in [3.05, 3.63) is 147 Å². The summed E-state index contributed by atoms with van der Waals surface area (Å²) < 4.78 is 44.2. The normalized spacial score (nSPS) is 14.0. The molecule has 364 valence electrons. The van der Waals surface area contributed by atoms with E-state index in [2.05, 4.69) is 65.1 Å². The molecule has 1 atom stereocenters. The number of aromatic nitrogens is 1. The highest BCUT2D eigenvalue weighted by molar-refractivity contribution is 7.90. The molecule has 7 rings (SSSR count). The van der Waals surface area contributed by atoms with Gasteiger partial charge in [0.15, 0.2) is 15.4 Å². The highest BCUT2D eigenvalue weighted by atomic mass is 35.5. The van der Waals surface area contributed by atoms with E-state index in [1.807, 2.05) is 13.0 Å². The summed E-state index contributed by atoms with van der Waals surface area (Å²) in [6, 6.07) is 30.0. The molecule has 0 radical (unpaired) electrons. The summed E-state index contributed by atoms with van der Waals surface area (Å²) >= 11 is 6.55. The number of hydrogen-bond donors (Lipinski definition) is 1. The first-order valence-corrected chi connectivity index (χ1v) is 25.6. The molecule has 1 aliphatic carbocycles. The average molecular weight is 984 g/mol. The SMILES string of the molecule is CCC(C)(C)c1cc(C(C)(C)CC)c2oc(/C(C#N)=C/c3ccc(N(C(=O)OC(C(=O)Nc4cc(CS(=O)(=O)c5ccccc5)ccc4Cl)C(=O)c4ccc(OC)cc4)C4CCCC4)cc3C)nc2c1. The Kier molecular flexibility index (Phi) is 15.4. The Bertz CT molecular complexity index is 3110. The number of ether oxygens (including phenoxy) is 2. The maximum absolute atomic E-state index is 14.6. The number of allylic oxidation sites excluding steroid dienone is 1. The van der Waals surface area contributed by atoms with Crippen molar-refractivity contribution in [3.63, 3.8) is 0 Å². The van der Waals surface area contributed by atoms with Crippen molar-refractivity contribution in [2.45, 2.75) is 121 Å². The van der Waals surface area contributed by atoms with Crippen LogP contribution >= 0.6 is 11.6 Å². The molecule has 70 heavy (non-hydrogen) atoms. The third-order valence-corrected chi connectivity index (χ3v) is 15.7. The molecule has 5 aromatic carbocycles. The molecule has 2 amide bonds. The van der Waals surface area contributed by atoms with Crippen LogP contribution in [0.3, 0.4) is 0 Å². The summed E-state index contributed by atoms with van der Waals surface area (Å²) in [7, 11) is -2.29. The number of nitrogens with zero attached hydrogens (tertiary/aromatic N) is 3. The van der Waals surface area contributed by atoms with E-state index < -0.39 is 39.5 Å². The zero-order valence-corrected chi connectivity index (χ0v) is 42.5. The molecule has 0 spiro atoms. The van der Waals surface area contributed by atoms with Gasteiger partial charge in [0.25, 0.3) is 5.91 Å². The molecule has 1 heterocycles. The molecule has 14 heteroatoms. The van der Waals surface area contributed by atoms with Crippen LogP contribution in [0.4, 0.5) is 16.2 Å². The van der Waals surface area contributed by atoms with Crippen LogP contribution < -0.4 is 15.0 Å². The minimum Gasteiger partial charge on any atom is -0.497 e. The quantitative estimate of drug-likeness (QED) is 0.0527. The van der Waals surface area contributed by atoms with Crippen molar-refractivity contribution in [1.29, 1.82) is 5.26 Å². The van der Waals surface area contributed by atoms with E-state index in [1.54, 1.807) is 48.5 Å². The van der Waals surface area contributed by atoms with Crippen molar-refractivity contribution in [2.75, 3.05) is 17.3 Å². The van der Waals surface area contributed by atoms with Crippen LogP contribution in [0.5, 0.6) is 5.75 Å². The van der Waals surface area contributed by atoms with E-state index in [1.165, 1.54) is 54.5 Å². The van der Waals surface area contributed by atoms with E-state index >= 15 is 0 Å². The predicted octanol–water partition coefficient (Wildman–Crippen LogP) is 13.0. The molecule has 6 aromatic rings. The molecular formula is C56H59ClN4O8S. The fourth-order valence-electron chi connectivity index (χ4n) is 8.51. The third kappa shape index (κ3) is 11.1. The van der Waals surface area contributed by atoms with Crippen LogP contribution in [0.2, 0.25) is 5.02 Å². The zero-order valence-electron chi connectivity index (χ0n) is 40.9. The molecule has 0 bridgehead atoms. The topological polar surface area (TPSA) is 169 Å². The first-order valence-electron chi connectivity index (χ1n) is 23.5. The molecular weight excluding hydrogens is 924 g/mol. The van der Waals surface area contributed by atoms with Gasteiger partial charge in [0.1, 0.15) is 22.9 Å². The van der Waals surface area contributed by atoms with Crippen LogP contribution in [-0.2, 0) is 36.0 Å². The summed E-state index contributed by atoms with van der Waals surface area (Å²) in [5, 5.41) is 13.2. The number of nitriles is 1. The van der Waals surface area contributed by atoms with Crippen molar-refractivity contribution in [3.8, 4) is 11.8 Å². The lowest BCUT2D eigenvalue weighted by Gasteiger charge is -2.30. The average Bonchev–Trinajstić information content (AvgIpc) is 4.05. The first-order chi connectivity index (χ1) is 33.3. The third-order valence-electron chi connectivity index (χ3n) is 13.7. The lowest BCUT2D eigenvalue weighted by atomic mass is 9.76. The number of benzene rings is 5. The molecule has 1 aliphatic rings. The van der Waals surface area contributed by atoms with Gasteiger partial charge in [-0.3, -0.25) is 14.5 Å². The maximum atomic E-state index is 14.6. The summed E-state index contributed by atoms with van der Waals surface area (Å²) in [5.74, 6) is -1.53. The van der Waals surface area contributed by atoms with Gasteiger partial charge in [-0.15, -0.1) is 0 Å². The second-order valence-electron chi connectivity index (χ2n) is 19.1. The minimum atomic E-state index is -3.77. The number of nitrogens with one attached hydrogen (secondary N) is 1. The van der Waals surface area contributed by atoms with Crippen LogP contribution in [0, 0.1) is 18.3 Å².